The molecule has 0 fully saturated rings. The lowest BCUT2D eigenvalue weighted by atomic mass is 10.0. The molecule has 6 heteroatoms. The average molecular weight is 418 g/mol. The highest BCUT2D eigenvalue weighted by Gasteiger charge is 2.29. The predicted octanol–water partition coefficient (Wildman–Crippen LogP) is 4.96. The van der Waals surface area contributed by atoms with Crippen molar-refractivity contribution in [2.75, 3.05) is 11.9 Å². The Kier molecular flexibility index (Phi) is 5.44. The summed E-state index contributed by atoms with van der Waals surface area (Å²) >= 11 is 0. The van der Waals surface area contributed by atoms with Crippen LogP contribution in [0.25, 0.3) is 11.3 Å². The minimum Gasteiger partial charge on any atom is -0.358 e. The van der Waals surface area contributed by atoms with Crippen molar-refractivity contribution in [1.82, 2.24) is 14.5 Å². The second kappa shape index (κ2) is 8.06. The van der Waals surface area contributed by atoms with E-state index in [-0.39, 0.29) is 5.82 Å². The molecule has 3 aromatic rings. The monoisotopic (exact) mass is 417 g/mol. The van der Waals surface area contributed by atoms with E-state index in [1.165, 1.54) is 17.7 Å². The molecule has 160 valence electrons. The smallest absolute Gasteiger partial charge is 0.138 e. The van der Waals surface area contributed by atoms with Gasteiger partial charge in [-0.2, -0.15) is 0 Å². The van der Waals surface area contributed by atoms with Gasteiger partial charge >= 0.3 is 0 Å². The summed E-state index contributed by atoms with van der Waals surface area (Å²) in [7, 11) is 0. The summed E-state index contributed by atoms with van der Waals surface area (Å²) in [6.07, 6.45) is 0. The molecule has 0 bridgehead atoms. The van der Waals surface area contributed by atoms with Gasteiger partial charge in [0.15, 0.2) is 0 Å². The quantitative estimate of drug-likeness (QED) is 0.576. The Balaban J connectivity index is 1.77. The van der Waals surface area contributed by atoms with Crippen LogP contribution in [0.4, 0.5) is 15.9 Å². The summed E-state index contributed by atoms with van der Waals surface area (Å²) in [4.78, 5) is 7.13. The van der Waals surface area contributed by atoms with Crippen LogP contribution in [0.5, 0.6) is 0 Å². The molecule has 0 atom stereocenters. The highest BCUT2D eigenvalue weighted by Crippen LogP contribution is 2.34. The molecule has 0 aliphatic carbocycles. The normalized spacial score (nSPS) is 13.5. The molecular weight excluding hydrogens is 389 g/mol. The number of aryl methyl sites for hydroxylation is 1. The van der Waals surface area contributed by atoms with E-state index in [1.807, 2.05) is 26.0 Å². The first-order valence-corrected chi connectivity index (χ1v) is 10.4. The van der Waals surface area contributed by atoms with Gasteiger partial charge in [-0.15, -0.1) is 5.73 Å². The molecule has 1 aromatic heterocycles. The first-order chi connectivity index (χ1) is 14.8. The van der Waals surface area contributed by atoms with Crippen LogP contribution in [0, 0.1) is 12.7 Å². The number of hydrogen-bond acceptors (Lipinski definition) is 4. The number of nitrogens with one attached hydrogen (secondary N) is 1. The van der Waals surface area contributed by atoms with Crippen molar-refractivity contribution in [1.29, 1.82) is 0 Å². The zero-order valence-corrected chi connectivity index (χ0v) is 18.2. The number of hydrogen-bond donors (Lipinski definition) is 2. The van der Waals surface area contributed by atoms with Crippen molar-refractivity contribution in [3.63, 3.8) is 0 Å². The van der Waals surface area contributed by atoms with Gasteiger partial charge in [0.2, 0.25) is 0 Å². The molecular formula is C25H28FN5. The highest BCUT2D eigenvalue weighted by molar-refractivity contribution is 5.76. The van der Waals surface area contributed by atoms with Gasteiger partial charge in [-0.05, 0) is 62.7 Å². The fourth-order valence-corrected chi connectivity index (χ4v) is 4.06. The van der Waals surface area contributed by atoms with Crippen LogP contribution in [-0.4, -0.2) is 26.5 Å². The van der Waals surface area contributed by atoms with Crippen molar-refractivity contribution in [2.24, 2.45) is 5.73 Å². The number of aromatic nitrogens is 2. The third-order valence-electron chi connectivity index (χ3n) is 5.46. The van der Waals surface area contributed by atoms with E-state index in [0.29, 0.717) is 6.54 Å². The van der Waals surface area contributed by atoms with E-state index in [4.69, 9.17) is 10.7 Å². The molecule has 0 radical (unpaired) electrons. The fourth-order valence-electron chi connectivity index (χ4n) is 4.06. The molecule has 0 spiro atoms. The van der Waals surface area contributed by atoms with Crippen LogP contribution in [0.15, 0.2) is 66.5 Å². The average Bonchev–Trinajstić information content (AvgIpc) is 3.06. The van der Waals surface area contributed by atoms with Crippen LogP contribution in [-0.2, 0) is 13.1 Å². The molecule has 0 saturated carbocycles. The Morgan fingerprint density at radius 1 is 1.19 bits per heavy atom. The fraction of sp³-hybridized carbons (Fsp3) is 0.280. The largest absolute Gasteiger partial charge is 0.358 e. The van der Waals surface area contributed by atoms with Crippen molar-refractivity contribution in [2.45, 2.75) is 39.4 Å². The minimum atomic E-state index is -0.543. The lowest BCUT2D eigenvalue weighted by molar-refractivity contribution is 0.242. The number of rotatable bonds is 5. The number of anilines is 2. The highest BCUT2D eigenvalue weighted by atomic mass is 19.1. The Morgan fingerprint density at radius 2 is 1.94 bits per heavy atom. The van der Waals surface area contributed by atoms with Crippen molar-refractivity contribution in [3.05, 3.63) is 83.7 Å². The van der Waals surface area contributed by atoms with E-state index >= 15 is 0 Å². The summed E-state index contributed by atoms with van der Waals surface area (Å²) in [5, 5.41) is 3.55. The minimum absolute atomic E-state index is 0.266. The summed E-state index contributed by atoms with van der Waals surface area (Å²) in [6.45, 7) is 11.9. The summed E-state index contributed by atoms with van der Waals surface area (Å²) in [6, 6.07) is 14.7. The lowest BCUT2D eigenvalue weighted by Crippen LogP contribution is -2.45. The number of fused-ring (bicyclic) bond motifs is 1. The van der Waals surface area contributed by atoms with Crippen LogP contribution >= 0.6 is 0 Å². The molecule has 4 rings (SSSR count). The van der Waals surface area contributed by atoms with Crippen LogP contribution in [0.3, 0.4) is 0 Å². The Labute approximate surface area is 182 Å². The number of nitrogens with zero attached hydrogens (tertiary/aromatic N) is 3. The number of halogens is 1. The first-order valence-electron chi connectivity index (χ1n) is 10.4. The van der Waals surface area contributed by atoms with Crippen LogP contribution in [0.1, 0.15) is 25.2 Å². The number of benzene rings is 2. The maximum atomic E-state index is 13.5. The second-order valence-corrected chi connectivity index (χ2v) is 8.55. The van der Waals surface area contributed by atoms with Crippen molar-refractivity contribution < 1.29 is 4.39 Å². The molecule has 2 heterocycles. The molecule has 5 nitrogen and oxygen atoms in total. The number of nitrogens with two attached hydrogens (primary N) is 1. The van der Waals surface area contributed by atoms with E-state index < -0.39 is 5.54 Å². The Hall–Kier alpha value is -3.34. The van der Waals surface area contributed by atoms with Crippen molar-refractivity contribution >= 4 is 11.5 Å². The SMILES string of the molecule is C=C=C(N1CCn2c(nc(-c3ccc(F)cc3)c2Nc2cccc(C)c2)C1)C(C)(C)N. The zero-order valence-electron chi connectivity index (χ0n) is 18.2. The number of imidazole rings is 1. The maximum absolute atomic E-state index is 13.5. The summed E-state index contributed by atoms with van der Waals surface area (Å²) < 4.78 is 15.7. The molecule has 0 saturated heterocycles. The molecule has 1 aliphatic rings. The van der Waals surface area contributed by atoms with Gasteiger partial charge in [-0.3, -0.25) is 0 Å². The van der Waals surface area contributed by atoms with E-state index in [0.717, 1.165) is 47.4 Å². The van der Waals surface area contributed by atoms with E-state index in [1.54, 1.807) is 12.1 Å². The standard InChI is InChI=1S/C25H28FN5/c1-5-21(25(3,4)27)30-13-14-31-22(16-30)29-23(18-9-11-19(26)12-10-18)24(31)28-20-8-6-7-17(2)15-20/h6-12,15,28H,1,13-14,16,27H2,2-4H3. The predicted molar refractivity (Wildman–Crippen MR) is 123 cm³/mol. The molecule has 0 unspecified atom stereocenters. The van der Waals surface area contributed by atoms with Gasteiger partial charge in [0.05, 0.1) is 17.8 Å². The van der Waals surface area contributed by atoms with Crippen LogP contribution in [0.2, 0.25) is 0 Å². The molecule has 0 amide bonds. The first kappa shape index (κ1) is 20.9. The maximum Gasteiger partial charge on any atom is 0.138 e. The Bertz CT molecular complexity index is 1150. The van der Waals surface area contributed by atoms with Gasteiger partial charge in [-0.1, -0.05) is 18.7 Å². The summed E-state index contributed by atoms with van der Waals surface area (Å²) in [5.41, 5.74) is 13.5. The van der Waals surface area contributed by atoms with Gasteiger partial charge in [0, 0.05) is 24.3 Å². The van der Waals surface area contributed by atoms with Crippen molar-refractivity contribution in [3.8, 4) is 11.3 Å². The van der Waals surface area contributed by atoms with E-state index in [9.17, 15) is 4.39 Å². The van der Waals surface area contributed by atoms with E-state index in [2.05, 4.69) is 46.2 Å². The third-order valence-corrected chi connectivity index (χ3v) is 5.46. The van der Waals surface area contributed by atoms with Crippen LogP contribution < -0.4 is 11.1 Å². The molecule has 2 aromatic carbocycles. The van der Waals surface area contributed by atoms with Gasteiger partial charge in [-0.25, -0.2) is 9.37 Å². The zero-order chi connectivity index (χ0) is 22.2. The van der Waals surface area contributed by atoms with Gasteiger partial charge in [0.1, 0.15) is 23.2 Å². The van der Waals surface area contributed by atoms with Gasteiger partial charge < -0.3 is 20.5 Å². The second-order valence-electron chi connectivity index (χ2n) is 8.55. The third kappa shape index (κ3) is 4.26. The van der Waals surface area contributed by atoms with Gasteiger partial charge in [0.25, 0.3) is 0 Å². The molecule has 1 aliphatic heterocycles. The lowest BCUT2D eigenvalue weighted by Gasteiger charge is -2.36. The Morgan fingerprint density at radius 3 is 2.58 bits per heavy atom. The molecule has 3 N–H and O–H groups in total. The topological polar surface area (TPSA) is 59.1 Å². The molecule has 31 heavy (non-hydrogen) atoms. The summed E-state index contributed by atoms with van der Waals surface area (Å²) in [5.74, 6) is 1.55.